The number of nitrogens with zero attached hydrogens (tertiary/aromatic N) is 2. The summed E-state index contributed by atoms with van der Waals surface area (Å²) < 4.78 is 0. The van der Waals surface area contributed by atoms with Crippen LogP contribution in [0.15, 0.2) is 36.8 Å². The standard InChI is InChI=1S/C11H10Cl2N4/c12-7-1-2-9(13)8(5-7)11(17-14)10-6-15-3-4-16-10/h1-6,11,17H,14H2. The molecule has 0 aliphatic carbocycles. The van der Waals surface area contributed by atoms with Gasteiger partial charge in [-0.1, -0.05) is 23.2 Å². The molecule has 4 nitrogen and oxygen atoms in total. The van der Waals surface area contributed by atoms with Gasteiger partial charge >= 0.3 is 0 Å². The molecule has 0 aliphatic rings. The van der Waals surface area contributed by atoms with Gasteiger partial charge in [0.2, 0.25) is 0 Å². The Kier molecular flexibility index (Phi) is 3.91. The number of hydrazine groups is 1. The summed E-state index contributed by atoms with van der Waals surface area (Å²) in [4.78, 5) is 8.19. The van der Waals surface area contributed by atoms with Crippen molar-refractivity contribution in [3.8, 4) is 0 Å². The molecule has 2 aromatic rings. The Morgan fingerprint density at radius 1 is 1.24 bits per heavy atom. The third-order valence-corrected chi connectivity index (χ3v) is 2.89. The van der Waals surface area contributed by atoms with Gasteiger partial charge in [-0.05, 0) is 23.8 Å². The Balaban J connectivity index is 2.46. The molecule has 1 atom stereocenters. The molecule has 17 heavy (non-hydrogen) atoms. The van der Waals surface area contributed by atoms with Gasteiger partial charge in [-0.3, -0.25) is 15.8 Å². The molecule has 2 rings (SSSR count). The van der Waals surface area contributed by atoms with Crippen LogP contribution in [-0.2, 0) is 0 Å². The molecule has 0 aliphatic heterocycles. The first-order valence-electron chi connectivity index (χ1n) is 4.89. The maximum atomic E-state index is 6.12. The van der Waals surface area contributed by atoms with Gasteiger partial charge in [-0.15, -0.1) is 0 Å². The van der Waals surface area contributed by atoms with Crippen LogP contribution in [0.5, 0.6) is 0 Å². The lowest BCUT2D eigenvalue weighted by atomic mass is 10.0. The fourth-order valence-electron chi connectivity index (χ4n) is 1.53. The van der Waals surface area contributed by atoms with Crippen molar-refractivity contribution in [1.82, 2.24) is 15.4 Å². The van der Waals surface area contributed by atoms with Gasteiger partial charge in [-0.25, -0.2) is 5.43 Å². The van der Waals surface area contributed by atoms with Crippen LogP contribution in [0.2, 0.25) is 10.0 Å². The van der Waals surface area contributed by atoms with Crippen molar-refractivity contribution in [2.24, 2.45) is 5.84 Å². The summed E-state index contributed by atoms with van der Waals surface area (Å²) in [6.45, 7) is 0. The predicted octanol–water partition coefficient (Wildman–Crippen LogP) is 2.34. The Morgan fingerprint density at radius 3 is 2.71 bits per heavy atom. The van der Waals surface area contributed by atoms with Crippen LogP contribution in [0, 0.1) is 0 Å². The van der Waals surface area contributed by atoms with E-state index in [-0.39, 0.29) is 6.04 Å². The Morgan fingerprint density at radius 2 is 2.06 bits per heavy atom. The number of aromatic nitrogens is 2. The molecule has 0 fully saturated rings. The molecule has 0 bridgehead atoms. The van der Waals surface area contributed by atoms with E-state index >= 15 is 0 Å². The maximum Gasteiger partial charge on any atom is 0.0911 e. The summed E-state index contributed by atoms with van der Waals surface area (Å²) in [7, 11) is 0. The SMILES string of the molecule is NNC(c1cnccn1)c1cc(Cl)ccc1Cl. The van der Waals surface area contributed by atoms with Gasteiger partial charge in [0.1, 0.15) is 0 Å². The van der Waals surface area contributed by atoms with Crippen LogP contribution in [-0.4, -0.2) is 9.97 Å². The van der Waals surface area contributed by atoms with Gasteiger partial charge in [0.05, 0.1) is 17.9 Å². The number of rotatable bonds is 3. The van der Waals surface area contributed by atoms with Gasteiger partial charge < -0.3 is 0 Å². The van der Waals surface area contributed by atoms with Crippen molar-refractivity contribution in [2.45, 2.75) is 6.04 Å². The van der Waals surface area contributed by atoms with E-state index in [9.17, 15) is 0 Å². The summed E-state index contributed by atoms with van der Waals surface area (Å²) in [5, 5.41) is 1.16. The van der Waals surface area contributed by atoms with Gasteiger partial charge in [0.15, 0.2) is 0 Å². The number of benzene rings is 1. The van der Waals surface area contributed by atoms with Crippen molar-refractivity contribution < 1.29 is 0 Å². The summed E-state index contributed by atoms with van der Waals surface area (Å²) in [5.74, 6) is 5.54. The summed E-state index contributed by atoms with van der Waals surface area (Å²) in [5.41, 5.74) is 4.10. The van der Waals surface area contributed by atoms with E-state index < -0.39 is 0 Å². The van der Waals surface area contributed by atoms with Crippen molar-refractivity contribution in [2.75, 3.05) is 0 Å². The predicted molar refractivity (Wildman–Crippen MR) is 67.7 cm³/mol. The van der Waals surface area contributed by atoms with E-state index in [0.717, 1.165) is 5.56 Å². The average Bonchev–Trinajstić information content (AvgIpc) is 2.36. The van der Waals surface area contributed by atoms with Crippen LogP contribution in [0.1, 0.15) is 17.3 Å². The monoisotopic (exact) mass is 268 g/mol. The maximum absolute atomic E-state index is 6.12. The summed E-state index contributed by atoms with van der Waals surface area (Å²) in [6, 6.07) is 4.86. The molecule has 6 heteroatoms. The minimum Gasteiger partial charge on any atom is -0.271 e. The number of hydrogen-bond donors (Lipinski definition) is 2. The molecule has 1 aromatic heterocycles. The van der Waals surface area contributed by atoms with E-state index in [0.29, 0.717) is 15.7 Å². The van der Waals surface area contributed by atoms with E-state index in [1.54, 1.807) is 36.8 Å². The fraction of sp³-hybridized carbons (Fsp3) is 0.0909. The molecular weight excluding hydrogens is 259 g/mol. The minimum atomic E-state index is -0.338. The molecule has 0 radical (unpaired) electrons. The first-order valence-corrected chi connectivity index (χ1v) is 5.65. The van der Waals surface area contributed by atoms with Crippen molar-refractivity contribution >= 4 is 23.2 Å². The quantitative estimate of drug-likeness (QED) is 0.663. The number of hydrogen-bond acceptors (Lipinski definition) is 4. The van der Waals surface area contributed by atoms with Crippen molar-refractivity contribution in [3.63, 3.8) is 0 Å². The molecule has 3 N–H and O–H groups in total. The smallest absolute Gasteiger partial charge is 0.0911 e. The first-order chi connectivity index (χ1) is 8.22. The van der Waals surface area contributed by atoms with Crippen molar-refractivity contribution in [3.05, 3.63) is 58.1 Å². The van der Waals surface area contributed by atoms with E-state index in [1.165, 1.54) is 0 Å². The summed E-state index contributed by atoms with van der Waals surface area (Å²) in [6.07, 6.45) is 4.82. The van der Waals surface area contributed by atoms with Gasteiger partial charge in [0.25, 0.3) is 0 Å². The molecule has 0 amide bonds. The second-order valence-corrected chi connectivity index (χ2v) is 4.24. The highest BCUT2D eigenvalue weighted by atomic mass is 35.5. The normalized spacial score (nSPS) is 12.4. The Labute approximate surface area is 109 Å². The third-order valence-electron chi connectivity index (χ3n) is 2.31. The highest BCUT2D eigenvalue weighted by molar-refractivity contribution is 6.33. The van der Waals surface area contributed by atoms with E-state index in [1.807, 2.05) is 0 Å². The topological polar surface area (TPSA) is 63.8 Å². The molecule has 88 valence electrons. The zero-order valence-electron chi connectivity index (χ0n) is 8.77. The second-order valence-electron chi connectivity index (χ2n) is 3.40. The lowest BCUT2D eigenvalue weighted by molar-refractivity contribution is 0.618. The van der Waals surface area contributed by atoms with Crippen LogP contribution in [0.25, 0.3) is 0 Å². The number of nitrogens with one attached hydrogen (secondary N) is 1. The third kappa shape index (κ3) is 2.73. The molecule has 1 unspecified atom stereocenters. The number of nitrogens with two attached hydrogens (primary N) is 1. The lowest BCUT2D eigenvalue weighted by Gasteiger charge is -2.16. The zero-order valence-corrected chi connectivity index (χ0v) is 10.3. The van der Waals surface area contributed by atoms with E-state index in [4.69, 9.17) is 29.0 Å². The van der Waals surface area contributed by atoms with Gasteiger partial charge in [-0.2, -0.15) is 0 Å². The molecule has 1 heterocycles. The fourth-order valence-corrected chi connectivity index (χ4v) is 1.94. The molecule has 0 spiro atoms. The highest BCUT2D eigenvalue weighted by Gasteiger charge is 2.17. The molecule has 1 aromatic carbocycles. The Hall–Kier alpha value is -1.20. The largest absolute Gasteiger partial charge is 0.271 e. The minimum absolute atomic E-state index is 0.338. The molecule has 0 saturated heterocycles. The highest BCUT2D eigenvalue weighted by Crippen LogP contribution is 2.28. The second kappa shape index (κ2) is 5.42. The zero-order chi connectivity index (χ0) is 12.3. The van der Waals surface area contributed by atoms with Crippen LogP contribution in [0.3, 0.4) is 0 Å². The lowest BCUT2D eigenvalue weighted by Crippen LogP contribution is -2.29. The molecule has 0 saturated carbocycles. The first kappa shape index (κ1) is 12.3. The van der Waals surface area contributed by atoms with Gasteiger partial charge in [0, 0.05) is 22.4 Å². The summed E-state index contributed by atoms with van der Waals surface area (Å²) >= 11 is 12.1. The van der Waals surface area contributed by atoms with Crippen LogP contribution in [0.4, 0.5) is 0 Å². The van der Waals surface area contributed by atoms with Crippen LogP contribution < -0.4 is 11.3 Å². The Bertz CT molecular complexity index is 504. The van der Waals surface area contributed by atoms with E-state index in [2.05, 4.69) is 15.4 Å². The van der Waals surface area contributed by atoms with Crippen molar-refractivity contribution in [1.29, 1.82) is 0 Å². The number of halogens is 2. The van der Waals surface area contributed by atoms with Crippen LogP contribution >= 0.6 is 23.2 Å². The average molecular weight is 269 g/mol. The molecular formula is C11H10Cl2N4.